The minimum absolute atomic E-state index is 0.425. The Morgan fingerprint density at radius 1 is 1.38 bits per heavy atom. The zero-order chi connectivity index (χ0) is 12.2. The second kappa shape index (κ2) is 6.39. The molecule has 0 aliphatic rings. The van der Waals surface area contributed by atoms with Crippen LogP contribution in [0.1, 0.15) is 30.1 Å². The van der Waals surface area contributed by atoms with Gasteiger partial charge in [0.05, 0.1) is 0 Å². The van der Waals surface area contributed by atoms with Crippen molar-refractivity contribution in [2.45, 2.75) is 24.2 Å². The number of halogens is 2. The van der Waals surface area contributed by atoms with E-state index in [0.29, 0.717) is 5.56 Å². The molecule has 0 saturated carbocycles. The van der Waals surface area contributed by atoms with Gasteiger partial charge in [-0.25, -0.2) is 0 Å². The van der Waals surface area contributed by atoms with Gasteiger partial charge in [-0.15, -0.1) is 0 Å². The van der Waals surface area contributed by atoms with E-state index in [9.17, 15) is 4.79 Å². The fourth-order valence-corrected chi connectivity index (χ4v) is 12.8. The van der Waals surface area contributed by atoms with Gasteiger partial charge >= 0.3 is 113 Å². The summed E-state index contributed by atoms with van der Waals surface area (Å²) in [5.41, 5.74) is 0.425. The molecule has 1 aromatic rings. The second-order valence-corrected chi connectivity index (χ2v) is 29.8. The summed E-state index contributed by atoms with van der Waals surface area (Å²) in [4.78, 5) is 11.1. The maximum absolute atomic E-state index is 11.1. The fourth-order valence-electron chi connectivity index (χ4n) is 1.34. The minimum atomic E-state index is -2.52. The van der Waals surface area contributed by atoms with E-state index in [4.69, 9.17) is 5.11 Å². The van der Waals surface area contributed by atoms with Gasteiger partial charge in [0.15, 0.2) is 0 Å². The molecule has 2 nitrogen and oxygen atoms in total. The molecule has 0 bridgehead atoms. The molecule has 0 aliphatic carbocycles. The van der Waals surface area contributed by atoms with Gasteiger partial charge in [-0.2, -0.15) is 0 Å². The average molecular weight is 466 g/mol. The summed E-state index contributed by atoms with van der Waals surface area (Å²) in [6.45, 7) is 2.14. The van der Waals surface area contributed by atoms with Crippen LogP contribution in [0.4, 0.5) is 0 Å². The first kappa shape index (κ1) is 14.5. The maximum atomic E-state index is 11.1. The quantitative estimate of drug-likeness (QED) is 0.675. The van der Waals surface area contributed by atoms with Crippen molar-refractivity contribution in [1.82, 2.24) is 0 Å². The van der Waals surface area contributed by atoms with Crippen LogP contribution < -0.4 is 3.61 Å². The Hall–Kier alpha value is 0.440. The van der Waals surface area contributed by atoms with Gasteiger partial charge in [0.1, 0.15) is 0 Å². The van der Waals surface area contributed by atoms with Crippen LogP contribution in [0.2, 0.25) is 4.47 Å². The van der Waals surface area contributed by atoms with Crippen molar-refractivity contribution in [2.75, 3.05) is 0 Å². The van der Waals surface area contributed by atoms with Crippen LogP contribution in [-0.4, -0.2) is 24.8 Å². The first-order chi connectivity index (χ1) is 7.49. The standard InChI is InChI=1S/C11H14Br2O2Te/c1-2-3-8-16(12,13)10-7-5-4-6-9(10)11(14)15/h4-7H,2-3,8H2,1H3,(H,14,15). The number of hydrogen-bond acceptors (Lipinski definition) is 1. The van der Waals surface area contributed by atoms with E-state index in [2.05, 4.69) is 32.4 Å². The Labute approximate surface area is 112 Å². The summed E-state index contributed by atoms with van der Waals surface area (Å²) in [6, 6.07) is 7.26. The normalized spacial score (nSPS) is 12.4. The molecule has 1 N–H and O–H groups in total. The zero-order valence-electron chi connectivity index (χ0n) is 8.95. The number of unbranched alkanes of at least 4 members (excludes halogenated alkanes) is 1. The van der Waals surface area contributed by atoms with E-state index in [0.717, 1.165) is 20.9 Å². The fraction of sp³-hybridized carbons (Fsp3) is 0.364. The van der Waals surface area contributed by atoms with E-state index in [1.807, 2.05) is 12.1 Å². The molecule has 0 fully saturated rings. The van der Waals surface area contributed by atoms with Gasteiger partial charge in [-0.3, -0.25) is 0 Å². The third-order valence-corrected chi connectivity index (χ3v) is 16.4. The SMILES string of the molecule is CCCC[Te](Br)(Br)c1ccccc1C(=O)O. The summed E-state index contributed by atoms with van der Waals surface area (Å²) in [7, 11) is 0. The molecule has 0 spiro atoms. The van der Waals surface area contributed by atoms with Crippen molar-refractivity contribution >= 4 is 48.9 Å². The summed E-state index contributed by atoms with van der Waals surface area (Å²) < 4.78 is 2.01. The van der Waals surface area contributed by atoms with Crippen molar-refractivity contribution in [3.63, 3.8) is 0 Å². The summed E-state index contributed by atoms with van der Waals surface area (Å²) in [5, 5.41) is 9.14. The Balaban J connectivity index is 3.06. The van der Waals surface area contributed by atoms with Gasteiger partial charge in [-0.1, -0.05) is 0 Å². The molecule has 0 aromatic heterocycles. The van der Waals surface area contributed by atoms with Crippen molar-refractivity contribution in [1.29, 1.82) is 0 Å². The number of hydrogen-bond donors (Lipinski definition) is 1. The van der Waals surface area contributed by atoms with Gasteiger partial charge in [-0.05, 0) is 0 Å². The molecular weight excluding hydrogens is 452 g/mol. The van der Waals surface area contributed by atoms with E-state index in [-0.39, 0.29) is 0 Å². The van der Waals surface area contributed by atoms with Crippen molar-refractivity contribution in [3.8, 4) is 0 Å². The predicted octanol–water partition coefficient (Wildman–Crippen LogP) is 3.62. The molecule has 0 saturated heterocycles. The molecule has 0 radical (unpaired) electrons. The molecule has 1 aromatic carbocycles. The second-order valence-electron chi connectivity index (χ2n) is 3.43. The first-order valence-corrected chi connectivity index (χ1v) is 18.3. The molecule has 0 atom stereocenters. The molecule has 90 valence electrons. The van der Waals surface area contributed by atoms with E-state index < -0.39 is 19.7 Å². The number of rotatable bonds is 5. The number of aromatic carboxylic acids is 1. The van der Waals surface area contributed by atoms with Gasteiger partial charge in [0.25, 0.3) is 0 Å². The number of carboxylic acid groups (broad SMARTS) is 1. The number of benzene rings is 1. The molecule has 16 heavy (non-hydrogen) atoms. The van der Waals surface area contributed by atoms with Gasteiger partial charge in [0.2, 0.25) is 0 Å². The van der Waals surface area contributed by atoms with Crippen molar-refractivity contribution in [2.24, 2.45) is 0 Å². The van der Waals surface area contributed by atoms with Crippen molar-refractivity contribution in [3.05, 3.63) is 29.8 Å². The topological polar surface area (TPSA) is 37.3 Å². The Morgan fingerprint density at radius 3 is 2.56 bits per heavy atom. The average Bonchev–Trinajstić information content (AvgIpc) is 2.26. The molecule has 5 heteroatoms. The predicted molar refractivity (Wildman–Crippen MR) is 76.4 cm³/mol. The summed E-state index contributed by atoms with van der Waals surface area (Å²) in [5.74, 6) is -0.846. The van der Waals surface area contributed by atoms with E-state index in [1.54, 1.807) is 12.1 Å². The first-order valence-electron chi connectivity index (χ1n) is 5.01. The number of carboxylic acids is 1. The molecule has 0 unspecified atom stereocenters. The summed E-state index contributed by atoms with van der Waals surface area (Å²) >= 11 is 4.98. The van der Waals surface area contributed by atoms with Crippen LogP contribution in [0.3, 0.4) is 0 Å². The van der Waals surface area contributed by atoms with Crippen LogP contribution in [0, 0.1) is 0 Å². The molecule has 1 rings (SSSR count). The zero-order valence-corrected chi connectivity index (χ0v) is 14.5. The van der Waals surface area contributed by atoms with E-state index >= 15 is 0 Å². The third kappa shape index (κ3) is 3.73. The Kier molecular flexibility index (Phi) is 5.79. The molecule has 0 aliphatic heterocycles. The van der Waals surface area contributed by atoms with Gasteiger partial charge in [0, 0.05) is 0 Å². The van der Waals surface area contributed by atoms with Crippen LogP contribution in [0.25, 0.3) is 0 Å². The van der Waals surface area contributed by atoms with Crippen LogP contribution >= 0.6 is 25.5 Å². The third-order valence-electron chi connectivity index (χ3n) is 2.19. The van der Waals surface area contributed by atoms with Crippen LogP contribution in [0.5, 0.6) is 0 Å². The Bertz CT molecular complexity index is 380. The van der Waals surface area contributed by atoms with Crippen LogP contribution in [-0.2, 0) is 0 Å². The molecule has 0 amide bonds. The monoisotopic (exact) mass is 466 g/mol. The van der Waals surface area contributed by atoms with Gasteiger partial charge < -0.3 is 0 Å². The van der Waals surface area contributed by atoms with E-state index in [1.165, 1.54) is 0 Å². The van der Waals surface area contributed by atoms with Crippen molar-refractivity contribution < 1.29 is 9.90 Å². The summed E-state index contributed by atoms with van der Waals surface area (Å²) in [6.07, 6.45) is 2.24. The number of carbonyl (C=O) groups is 1. The molecule has 0 heterocycles. The Morgan fingerprint density at radius 2 is 2.00 bits per heavy atom. The van der Waals surface area contributed by atoms with Crippen LogP contribution in [0.15, 0.2) is 24.3 Å². The molecular formula is C11H14Br2O2Te.